The molecule has 2 atom stereocenters. The zero-order valence-corrected chi connectivity index (χ0v) is 19.5. The van der Waals surface area contributed by atoms with Crippen molar-refractivity contribution in [3.05, 3.63) is 41.5 Å². The van der Waals surface area contributed by atoms with Crippen LogP contribution in [0.2, 0.25) is 0 Å². The normalized spacial score (nSPS) is 13.0. The van der Waals surface area contributed by atoms with E-state index in [1.165, 1.54) is 6.92 Å². The van der Waals surface area contributed by atoms with Crippen LogP contribution >= 0.6 is 0 Å². The molecule has 0 radical (unpaired) electrons. The largest absolute Gasteiger partial charge is 0.463 e. The quantitative estimate of drug-likeness (QED) is 0.246. The molecule has 0 N–H and O–H groups in total. The predicted octanol–water partition coefficient (Wildman–Crippen LogP) is 6.15. The van der Waals surface area contributed by atoms with Gasteiger partial charge in [0.1, 0.15) is 11.9 Å². The summed E-state index contributed by atoms with van der Waals surface area (Å²) in [6.07, 6.45) is 11.1. The van der Waals surface area contributed by atoms with Gasteiger partial charge in [0, 0.05) is 12.8 Å². The summed E-state index contributed by atoms with van der Waals surface area (Å²) in [5.74, 6) is -0.462. The fourth-order valence-corrected chi connectivity index (χ4v) is 3.55. The Morgan fingerprint density at radius 2 is 1.74 bits per heavy atom. The molecule has 0 amide bonds. The molecule has 5 heteroatoms. The fraction of sp³-hybridized carbons (Fsp3) is 0.577. The second-order valence-corrected chi connectivity index (χ2v) is 7.95. The van der Waals surface area contributed by atoms with Crippen LogP contribution in [0.25, 0.3) is 6.08 Å². The van der Waals surface area contributed by atoms with Crippen LogP contribution in [0.3, 0.4) is 0 Å². The van der Waals surface area contributed by atoms with Crippen molar-refractivity contribution in [2.24, 2.45) is 5.92 Å². The molecule has 0 saturated carbocycles. The van der Waals surface area contributed by atoms with Gasteiger partial charge >= 0.3 is 11.9 Å². The number of allylic oxidation sites excluding steroid dienone is 1. The second-order valence-electron chi connectivity index (χ2n) is 7.95. The average molecular weight is 431 g/mol. The zero-order valence-electron chi connectivity index (χ0n) is 19.5. The summed E-state index contributed by atoms with van der Waals surface area (Å²) in [5.41, 5.74) is 1.42. The second kappa shape index (κ2) is 15.4. The van der Waals surface area contributed by atoms with Crippen molar-refractivity contribution < 1.29 is 23.9 Å². The summed E-state index contributed by atoms with van der Waals surface area (Å²) in [4.78, 5) is 35.3. The molecule has 0 bridgehead atoms. The maximum atomic E-state index is 12.1. The maximum absolute atomic E-state index is 12.1. The van der Waals surface area contributed by atoms with Gasteiger partial charge < -0.3 is 9.47 Å². The number of hydrogen-bond acceptors (Lipinski definition) is 5. The van der Waals surface area contributed by atoms with E-state index in [0.29, 0.717) is 18.6 Å². The first-order chi connectivity index (χ1) is 14.9. The van der Waals surface area contributed by atoms with Gasteiger partial charge in [0.2, 0.25) is 0 Å². The third-order valence-corrected chi connectivity index (χ3v) is 5.24. The summed E-state index contributed by atoms with van der Waals surface area (Å²) in [7, 11) is 0. The highest BCUT2D eigenvalue weighted by Crippen LogP contribution is 2.20. The number of benzene rings is 1. The number of esters is 2. The molecule has 0 fully saturated rings. The number of ketones is 1. The molecule has 1 aromatic carbocycles. The van der Waals surface area contributed by atoms with Crippen molar-refractivity contribution in [1.82, 2.24) is 0 Å². The Balaban J connectivity index is 2.58. The molecule has 31 heavy (non-hydrogen) atoms. The van der Waals surface area contributed by atoms with Crippen LogP contribution in [0.4, 0.5) is 0 Å². The average Bonchev–Trinajstić information content (AvgIpc) is 2.72. The highest BCUT2D eigenvalue weighted by atomic mass is 16.5. The fourth-order valence-electron chi connectivity index (χ4n) is 3.55. The zero-order chi connectivity index (χ0) is 23.1. The molecule has 0 spiro atoms. The minimum Gasteiger partial charge on any atom is -0.463 e. The van der Waals surface area contributed by atoms with Gasteiger partial charge in [0.25, 0.3) is 0 Å². The number of hydrogen-bond donors (Lipinski definition) is 0. The van der Waals surface area contributed by atoms with Gasteiger partial charge in [-0.3, -0.25) is 9.59 Å². The molecule has 0 aliphatic carbocycles. The van der Waals surface area contributed by atoms with E-state index in [4.69, 9.17) is 9.47 Å². The van der Waals surface area contributed by atoms with Crippen molar-refractivity contribution in [3.63, 3.8) is 0 Å². The minimum atomic E-state index is -0.333. The Labute approximate surface area is 187 Å². The van der Waals surface area contributed by atoms with E-state index in [1.54, 1.807) is 26.0 Å². The molecular weight excluding hydrogens is 392 g/mol. The smallest absolute Gasteiger partial charge is 0.338 e. The molecule has 0 heterocycles. The van der Waals surface area contributed by atoms with Crippen molar-refractivity contribution in [3.8, 4) is 0 Å². The molecule has 172 valence electrons. The summed E-state index contributed by atoms with van der Waals surface area (Å²) in [6, 6.07) is 7.26. The van der Waals surface area contributed by atoms with Crippen LogP contribution in [0.5, 0.6) is 0 Å². The van der Waals surface area contributed by atoms with Crippen LogP contribution < -0.4 is 0 Å². The van der Waals surface area contributed by atoms with E-state index < -0.39 is 0 Å². The van der Waals surface area contributed by atoms with Crippen LogP contribution in [0, 0.1) is 5.92 Å². The van der Waals surface area contributed by atoms with Crippen LogP contribution in [-0.4, -0.2) is 30.4 Å². The molecular formula is C26H38O5. The maximum Gasteiger partial charge on any atom is 0.338 e. The topological polar surface area (TPSA) is 69.7 Å². The Hall–Kier alpha value is -2.43. The SMILES string of the molecule is CCCCCC(CCCC(C/C=C/c1cccc(C(=O)OCC)c1)C(C)=O)OC(C)=O. The minimum absolute atomic E-state index is 0.0573. The van der Waals surface area contributed by atoms with Gasteiger partial charge in [-0.2, -0.15) is 0 Å². The molecule has 0 aliphatic heterocycles. The summed E-state index contributed by atoms with van der Waals surface area (Å²) in [5, 5.41) is 0. The van der Waals surface area contributed by atoms with Gasteiger partial charge in [-0.1, -0.05) is 44.1 Å². The highest BCUT2D eigenvalue weighted by Gasteiger charge is 2.16. The lowest BCUT2D eigenvalue weighted by molar-refractivity contribution is -0.147. The van der Waals surface area contributed by atoms with E-state index in [2.05, 4.69) is 6.92 Å². The molecule has 5 nitrogen and oxygen atoms in total. The Bertz CT molecular complexity index is 722. The molecule has 0 saturated heterocycles. The van der Waals surface area contributed by atoms with Crippen LogP contribution in [0.1, 0.15) is 95.0 Å². The third kappa shape index (κ3) is 11.5. The molecule has 0 aliphatic rings. The first-order valence-electron chi connectivity index (χ1n) is 11.5. The van der Waals surface area contributed by atoms with Crippen molar-refractivity contribution in [2.75, 3.05) is 6.61 Å². The van der Waals surface area contributed by atoms with Crippen LogP contribution in [-0.2, 0) is 19.1 Å². The van der Waals surface area contributed by atoms with E-state index in [1.807, 2.05) is 24.3 Å². The van der Waals surface area contributed by atoms with Crippen LogP contribution in [0.15, 0.2) is 30.3 Å². The number of unbranched alkanes of at least 4 members (excludes halogenated alkanes) is 2. The summed E-state index contributed by atoms with van der Waals surface area (Å²) in [6.45, 7) is 7.36. The standard InChI is InChI=1S/C26H38O5/c1-5-7-8-17-25(31-21(4)28)18-11-15-23(20(3)27)14-9-12-22-13-10-16-24(19-22)26(29)30-6-2/h9-10,12-13,16,19,23,25H,5-8,11,14-15,17-18H2,1-4H3/b12-9+. The van der Waals surface area contributed by atoms with Gasteiger partial charge in [-0.25, -0.2) is 4.79 Å². The van der Waals surface area contributed by atoms with E-state index in [-0.39, 0.29) is 29.7 Å². The van der Waals surface area contributed by atoms with Gasteiger partial charge in [0.15, 0.2) is 0 Å². The summed E-state index contributed by atoms with van der Waals surface area (Å²) >= 11 is 0. The van der Waals surface area contributed by atoms with Gasteiger partial charge in [-0.05, 0) is 70.1 Å². The third-order valence-electron chi connectivity index (χ3n) is 5.24. The highest BCUT2D eigenvalue weighted by molar-refractivity contribution is 5.90. The van der Waals surface area contributed by atoms with E-state index in [9.17, 15) is 14.4 Å². The lowest BCUT2D eigenvalue weighted by Gasteiger charge is -2.18. The van der Waals surface area contributed by atoms with Crippen molar-refractivity contribution in [1.29, 1.82) is 0 Å². The van der Waals surface area contributed by atoms with E-state index >= 15 is 0 Å². The lowest BCUT2D eigenvalue weighted by Crippen LogP contribution is -2.17. The van der Waals surface area contributed by atoms with Crippen molar-refractivity contribution in [2.45, 2.75) is 85.2 Å². The molecule has 1 rings (SSSR count). The lowest BCUT2D eigenvalue weighted by atomic mass is 9.92. The number of carbonyl (C=O) groups is 3. The molecule has 1 aromatic rings. The van der Waals surface area contributed by atoms with E-state index in [0.717, 1.165) is 50.5 Å². The first-order valence-corrected chi connectivity index (χ1v) is 11.5. The number of Topliss-reactive ketones (excluding diaryl/α,β-unsaturated/α-hetero) is 1. The molecule has 0 aromatic heterocycles. The number of rotatable bonds is 15. The monoisotopic (exact) mass is 430 g/mol. The molecule has 2 unspecified atom stereocenters. The Morgan fingerprint density at radius 1 is 1.00 bits per heavy atom. The first kappa shape index (κ1) is 26.6. The van der Waals surface area contributed by atoms with Gasteiger partial charge in [-0.15, -0.1) is 0 Å². The number of carbonyl (C=O) groups excluding carboxylic acids is 3. The Kier molecular flexibility index (Phi) is 13.2. The predicted molar refractivity (Wildman–Crippen MR) is 124 cm³/mol. The summed E-state index contributed by atoms with van der Waals surface area (Å²) < 4.78 is 10.5. The number of ether oxygens (including phenoxy) is 2. The van der Waals surface area contributed by atoms with Gasteiger partial charge in [0.05, 0.1) is 12.2 Å². The van der Waals surface area contributed by atoms with Crippen molar-refractivity contribution >= 4 is 23.8 Å². The Morgan fingerprint density at radius 3 is 2.39 bits per heavy atom.